The van der Waals surface area contributed by atoms with Gasteiger partial charge in [-0.1, -0.05) is 22.9 Å². The van der Waals surface area contributed by atoms with Gasteiger partial charge in [-0.3, -0.25) is 9.59 Å². The molecule has 2 aromatic rings. The number of hydrogen-bond donors (Lipinski definition) is 3. The second-order valence-electron chi connectivity index (χ2n) is 8.29. The summed E-state index contributed by atoms with van der Waals surface area (Å²) in [7, 11) is -3.66. The molecule has 2 aliphatic rings. The molecule has 1 aromatic carbocycles. The van der Waals surface area contributed by atoms with Crippen LogP contribution in [-0.4, -0.2) is 42.6 Å². The van der Waals surface area contributed by atoms with Crippen molar-refractivity contribution in [1.29, 1.82) is 5.41 Å². The van der Waals surface area contributed by atoms with Crippen molar-refractivity contribution in [3.05, 3.63) is 34.0 Å². The molecule has 33 heavy (non-hydrogen) atoms. The molecular weight excluding hydrogens is 491 g/mol. The van der Waals surface area contributed by atoms with E-state index in [4.69, 9.17) is 17.0 Å². The van der Waals surface area contributed by atoms with Crippen LogP contribution in [0.15, 0.2) is 23.2 Å². The number of benzene rings is 1. The molecule has 1 aromatic heterocycles. The van der Waals surface area contributed by atoms with E-state index in [1.165, 1.54) is 12.1 Å². The Kier molecular flexibility index (Phi) is 6.83. The van der Waals surface area contributed by atoms with Gasteiger partial charge in [0.05, 0.1) is 16.3 Å². The lowest BCUT2D eigenvalue weighted by Gasteiger charge is -2.23. The molecule has 0 aliphatic heterocycles. The number of hydrogen-bond acceptors (Lipinski definition) is 8. The maximum Gasteiger partial charge on any atom is 0.248 e. The van der Waals surface area contributed by atoms with Crippen molar-refractivity contribution < 1.29 is 22.4 Å². The lowest BCUT2D eigenvalue weighted by molar-refractivity contribution is -0.119. The van der Waals surface area contributed by atoms with Crippen LogP contribution in [0.5, 0.6) is 0 Å². The number of nitrogens with one attached hydrogen (secondary N) is 3. The molecule has 2 atom stereocenters. The summed E-state index contributed by atoms with van der Waals surface area (Å²) in [6.45, 7) is 0. The highest BCUT2D eigenvalue weighted by molar-refractivity contribution is 7.92. The van der Waals surface area contributed by atoms with E-state index in [2.05, 4.69) is 15.6 Å². The highest BCUT2D eigenvalue weighted by atomic mass is 35.5. The van der Waals surface area contributed by atoms with Crippen molar-refractivity contribution in [3.63, 3.8) is 0 Å². The Hall–Kier alpha value is -2.37. The van der Waals surface area contributed by atoms with Crippen LogP contribution in [0.4, 0.5) is 15.2 Å². The Morgan fingerprint density at radius 3 is 2.70 bits per heavy atom. The number of nitrogens with zero attached hydrogens (tertiary/aromatic N) is 1. The Balaban J connectivity index is 1.66. The minimum atomic E-state index is -3.66. The zero-order chi connectivity index (χ0) is 23.8. The molecule has 0 radical (unpaired) electrons. The minimum Gasteiger partial charge on any atom is -0.373 e. The number of aromatic nitrogens is 1. The van der Waals surface area contributed by atoms with Crippen molar-refractivity contribution in [2.45, 2.75) is 54.7 Å². The number of sulfone groups is 1. The number of carbonyl (C=O) groups is 2. The summed E-state index contributed by atoms with van der Waals surface area (Å²) in [5.74, 6) is -0.417. The molecule has 0 unspecified atom stereocenters. The van der Waals surface area contributed by atoms with E-state index in [-0.39, 0.29) is 38.0 Å². The van der Waals surface area contributed by atoms with Gasteiger partial charge in [-0.25, -0.2) is 13.4 Å². The van der Waals surface area contributed by atoms with E-state index in [0.717, 1.165) is 12.4 Å². The first kappa shape index (κ1) is 23.8. The molecule has 176 valence electrons. The van der Waals surface area contributed by atoms with E-state index in [1.54, 1.807) is 0 Å². The lowest BCUT2D eigenvalue weighted by Crippen LogP contribution is -2.36. The average Bonchev–Trinajstić information content (AvgIpc) is 3.44. The summed E-state index contributed by atoms with van der Waals surface area (Å²) in [5.41, 5.74) is 0.346. The van der Waals surface area contributed by atoms with Gasteiger partial charge in [0.15, 0.2) is 20.1 Å². The second kappa shape index (κ2) is 9.47. The van der Waals surface area contributed by atoms with Crippen LogP contribution >= 0.6 is 22.9 Å². The van der Waals surface area contributed by atoms with Gasteiger partial charge in [0.25, 0.3) is 0 Å². The van der Waals surface area contributed by atoms with Crippen LogP contribution in [-0.2, 0) is 19.4 Å². The number of halogens is 2. The van der Waals surface area contributed by atoms with Crippen molar-refractivity contribution in [2.75, 3.05) is 10.6 Å². The van der Waals surface area contributed by atoms with E-state index in [9.17, 15) is 22.4 Å². The van der Waals surface area contributed by atoms with Crippen molar-refractivity contribution >= 4 is 61.5 Å². The molecule has 0 saturated heterocycles. The average molecular weight is 513 g/mol. The molecule has 0 spiro atoms. The molecule has 2 saturated carbocycles. The van der Waals surface area contributed by atoms with Crippen LogP contribution in [0.2, 0.25) is 5.02 Å². The van der Waals surface area contributed by atoms with E-state index in [1.807, 2.05) is 0 Å². The summed E-state index contributed by atoms with van der Waals surface area (Å²) < 4.78 is 39.1. The van der Waals surface area contributed by atoms with Gasteiger partial charge < -0.3 is 16.0 Å². The number of rotatable bonds is 9. The molecule has 8 nitrogen and oxygen atoms in total. The van der Waals surface area contributed by atoms with Crippen LogP contribution in [0.1, 0.15) is 44.1 Å². The molecule has 1 heterocycles. The smallest absolute Gasteiger partial charge is 0.248 e. The first-order chi connectivity index (χ1) is 15.7. The Morgan fingerprint density at radius 2 is 2.12 bits per heavy atom. The number of carbonyl (C=O) groups excluding carboxylic acids is 2. The predicted molar refractivity (Wildman–Crippen MR) is 125 cm³/mol. The predicted octanol–water partition coefficient (Wildman–Crippen LogP) is 4.05. The topological polar surface area (TPSA) is 129 Å². The number of thiazole rings is 1. The van der Waals surface area contributed by atoms with Gasteiger partial charge >= 0.3 is 0 Å². The fourth-order valence-electron chi connectivity index (χ4n) is 4.00. The fourth-order valence-corrected chi connectivity index (χ4v) is 6.72. The molecule has 2 fully saturated rings. The molecule has 1 amide bonds. The van der Waals surface area contributed by atoms with Crippen molar-refractivity contribution in [2.24, 2.45) is 5.92 Å². The van der Waals surface area contributed by atoms with Gasteiger partial charge in [0.1, 0.15) is 11.8 Å². The zero-order valence-corrected chi connectivity index (χ0v) is 19.8. The third-order valence-corrected chi connectivity index (χ3v) is 9.01. The van der Waals surface area contributed by atoms with Gasteiger partial charge in [0.2, 0.25) is 5.91 Å². The normalized spacial score (nSPS) is 19.3. The van der Waals surface area contributed by atoms with Gasteiger partial charge in [-0.15, -0.1) is 0 Å². The molecule has 4 rings (SSSR count). The monoisotopic (exact) mass is 512 g/mol. The second-order valence-corrected chi connectivity index (χ2v) is 11.9. The Labute approximate surface area is 199 Å². The standard InChI is InChI=1S/C21H22ClFN4O4S2/c22-12-7-16(15(9-24)18(8-12)33(30,31)14-3-4-14)26-17(6-11-1-2-13(28)5-11)20(29)27-21-25-10-19(23)32-21/h7-11,14,17,24,26H,1-6H2,(H,25,27,29)/t11-,17+/m0/s1. The van der Waals surface area contributed by atoms with E-state index >= 15 is 0 Å². The largest absolute Gasteiger partial charge is 0.373 e. The van der Waals surface area contributed by atoms with Crippen molar-refractivity contribution in [3.8, 4) is 0 Å². The van der Waals surface area contributed by atoms with Gasteiger partial charge in [0, 0.05) is 35.3 Å². The summed E-state index contributed by atoms with van der Waals surface area (Å²) in [6, 6.07) is 1.90. The van der Waals surface area contributed by atoms with Crippen molar-refractivity contribution in [1.82, 2.24) is 4.98 Å². The third kappa shape index (κ3) is 5.42. The van der Waals surface area contributed by atoms with Crippen LogP contribution in [0.3, 0.4) is 0 Å². The zero-order valence-electron chi connectivity index (χ0n) is 17.4. The van der Waals surface area contributed by atoms with Crippen LogP contribution in [0.25, 0.3) is 0 Å². The number of amides is 1. The highest BCUT2D eigenvalue weighted by Crippen LogP contribution is 2.38. The summed E-state index contributed by atoms with van der Waals surface area (Å²) in [4.78, 5) is 28.6. The molecule has 0 bridgehead atoms. The first-order valence-corrected chi connectivity index (χ1v) is 13.2. The maximum atomic E-state index is 13.3. The highest BCUT2D eigenvalue weighted by Gasteiger charge is 2.39. The number of Topliss-reactive ketones (excluding diaryl/α,β-unsaturated/α-hetero) is 1. The van der Waals surface area contributed by atoms with E-state index in [0.29, 0.717) is 49.9 Å². The van der Waals surface area contributed by atoms with Crippen LogP contribution < -0.4 is 10.6 Å². The first-order valence-electron chi connectivity index (χ1n) is 10.5. The third-order valence-electron chi connectivity index (χ3n) is 5.79. The number of ketones is 1. The Morgan fingerprint density at radius 1 is 1.36 bits per heavy atom. The quantitative estimate of drug-likeness (QED) is 0.435. The van der Waals surface area contributed by atoms with E-state index < -0.39 is 32.2 Å². The minimum absolute atomic E-state index is 0.0361. The summed E-state index contributed by atoms with van der Waals surface area (Å²) in [5, 5.41) is 12.7. The molecule has 3 N–H and O–H groups in total. The lowest BCUT2D eigenvalue weighted by atomic mass is 9.97. The SMILES string of the molecule is N=Cc1c(N[C@H](C[C@H]2CCC(=O)C2)C(=O)Nc2ncc(F)s2)cc(Cl)cc1S(=O)(=O)C1CC1. The number of anilines is 2. The van der Waals surface area contributed by atoms with Gasteiger partial charge in [-0.05, 0) is 43.7 Å². The maximum absolute atomic E-state index is 13.3. The molecular formula is C21H22ClFN4O4S2. The molecule has 12 heteroatoms. The Bertz CT molecular complexity index is 1210. The summed E-state index contributed by atoms with van der Waals surface area (Å²) in [6.07, 6.45) is 4.77. The fraction of sp³-hybridized carbons (Fsp3) is 0.429. The molecule has 2 aliphatic carbocycles. The summed E-state index contributed by atoms with van der Waals surface area (Å²) >= 11 is 6.90. The van der Waals surface area contributed by atoms with Gasteiger partial charge in [-0.2, -0.15) is 4.39 Å². The van der Waals surface area contributed by atoms with Crippen LogP contribution in [0, 0.1) is 16.5 Å².